The first-order valence-electron chi connectivity index (χ1n) is 16.8. The van der Waals surface area contributed by atoms with Gasteiger partial charge in [-0.2, -0.15) is 5.10 Å². The van der Waals surface area contributed by atoms with Crippen LogP contribution in [0.25, 0.3) is 0 Å². The Kier molecular flexibility index (Phi) is 11.2. The first-order chi connectivity index (χ1) is 23.4. The number of likely N-dealkylation sites (N-methyl/N-ethyl adjacent to an activating group) is 1. The third-order valence-electron chi connectivity index (χ3n) is 9.80. The van der Waals surface area contributed by atoms with Gasteiger partial charge < -0.3 is 20.4 Å². The number of carbonyl (C=O) groups is 4. The van der Waals surface area contributed by atoms with Crippen molar-refractivity contribution in [1.82, 2.24) is 24.9 Å². The summed E-state index contributed by atoms with van der Waals surface area (Å²) < 4.78 is 46.4. The molecule has 2 aromatic carbocycles. The summed E-state index contributed by atoms with van der Waals surface area (Å²) in [5, 5.41) is 9.56. The lowest BCUT2D eigenvalue weighted by atomic mass is 9.82. The molecule has 1 aliphatic heterocycles. The summed E-state index contributed by atoms with van der Waals surface area (Å²) in [6.45, 7) is 8.07. The van der Waals surface area contributed by atoms with Crippen LogP contribution in [0.3, 0.4) is 0 Å². The molecule has 49 heavy (non-hydrogen) atoms. The van der Waals surface area contributed by atoms with Crippen molar-refractivity contribution in [2.24, 2.45) is 5.92 Å². The summed E-state index contributed by atoms with van der Waals surface area (Å²) >= 11 is 0. The SMILES string of the molecule is CCC(=O)N[C@@H](C(=O)N1CCN(C)CC1)[C@@H](C)c1ccc(NC(=O)C(CC(=O)c2ccnn2CC)C2CCc3cc(F)cc(F)c32)c(F)c1. The molecule has 2 N–H and O–H groups in total. The number of Topliss-reactive ketones (excluding diaryl/α,β-unsaturated/α-hetero) is 1. The monoisotopic (exact) mass is 680 g/mol. The van der Waals surface area contributed by atoms with E-state index < -0.39 is 47.2 Å². The number of rotatable bonds is 12. The molecule has 0 spiro atoms. The third-order valence-corrected chi connectivity index (χ3v) is 9.80. The molecule has 262 valence electrons. The predicted molar refractivity (Wildman–Crippen MR) is 178 cm³/mol. The van der Waals surface area contributed by atoms with E-state index in [4.69, 9.17) is 0 Å². The fraction of sp³-hybridized carbons (Fsp3) is 0.472. The van der Waals surface area contributed by atoms with Crippen molar-refractivity contribution in [2.75, 3.05) is 38.5 Å². The number of halogens is 3. The zero-order valence-electron chi connectivity index (χ0n) is 28.3. The fourth-order valence-corrected chi connectivity index (χ4v) is 6.89. The first-order valence-corrected chi connectivity index (χ1v) is 16.8. The number of fused-ring (bicyclic) bond motifs is 1. The van der Waals surface area contributed by atoms with Gasteiger partial charge in [0.1, 0.15) is 29.2 Å². The van der Waals surface area contributed by atoms with Crippen LogP contribution in [0.4, 0.5) is 18.9 Å². The van der Waals surface area contributed by atoms with Crippen LogP contribution < -0.4 is 10.6 Å². The standard InChI is InChI=1S/C36H43F3N6O4/c1-5-32(47)42-34(36(49)44-15-13-43(4)14-16-44)21(3)22-8-10-29(27(38)18-22)41-35(48)26(20-31(46)30-11-12-40-45(30)6-2)25-9-7-23-17-24(37)19-28(39)33(23)25/h8,10-12,17-19,21,25-26,34H,5-7,9,13-16,20H2,1-4H3,(H,41,48)(H,42,47)/t21-,25?,26?,34+/m0/s1. The smallest absolute Gasteiger partial charge is 0.245 e. The Hall–Kier alpha value is -4.52. The summed E-state index contributed by atoms with van der Waals surface area (Å²) in [5.41, 5.74) is 1.19. The molecule has 3 amide bonds. The second kappa shape index (κ2) is 15.4. The Balaban J connectivity index is 1.39. The van der Waals surface area contributed by atoms with Crippen LogP contribution in [-0.2, 0) is 27.3 Å². The number of ketones is 1. The van der Waals surface area contributed by atoms with E-state index in [-0.39, 0.29) is 41.7 Å². The molecule has 2 aliphatic rings. The number of nitrogens with zero attached hydrogens (tertiary/aromatic N) is 4. The molecular weight excluding hydrogens is 637 g/mol. The number of carbonyl (C=O) groups excluding carboxylic acids is 4. The van der Waals surface area contributed by atoms with Crippen LogP contribution in [0, 0.1) is 23.4 Å². The van der Waals surface area contributed by atoms with E-state index in [1.54, 1.807) is 30.9 Å². The van der Waals surface area contributed by atoms with Gasteiger partial charge in [0, 0.05) is 63.7 Å². The highest BCUT2D eigenvalue weighted by atomic mass is 19.1. The van der Waals surface area contributed by atoms with Gasteiger partial charge in [0.05, 0.1) is 11.6 Å². The number of aryl methyl sites for hydroxylation is 2. The van der Waals surface area contributed by atoms with Gasteiger partial charge in [0.2, 0.25) is 17.7 Å². The third kappa shape index (κ3) is 7.87. The predicted octanol–water partition coefficient (Wildman–Crippen LogP) is 4.65. The number of hydrogen-bond acceptors (Lipinski definition) is 6. The quantitative estimate of drug-likeness (QED) is 0.269. The Morgan fingerprint density at radius 1 is 0.980 bits per heavy atom. The summed E-state index contributed by atoms with van der Waals surface area (Å²) in [7, 11) is 1.97. The molecule has 2 unspecified atom stereocenters. The minimum absolute atomic E-state index is 0.158. The Labute approximate surface area is 284 Å². The molecule has 0 radical (unpaired) electrons. The molecular formula is C36H43F3N6O4. The minimum atomic E-state index is -1.10. The van der Waals surface area contributed by atoms with Gasteiger partial charge in [0.15, 0.2) is 5.78 Å². The number of benzene rings is 2. The van der Waals surface area contributed by atoms with Crippen molar-refractivity contribution in [1.29, 1.82) is 0 Å². The van der Waals surface area contributed by atoms with E-state index in [0.717, 1.165) is 6.07 Å². The molecule has 1 aliphatic carbocycles. The van der Waals surface area contributed by atoms with E-state index in [0.29, 0.717) is 62.4 Å². The zero-order chi connectivity index (χ0) is 35.4. The van der Waals surface area contributed by atoms with E-state index in [2.05, 4.69) is 20.6 Å². The van der Waals surface area contributed by atoms with E-state index in [1.165, 1.54) is 29.1 Å². The summed E-state index contributed by atoms with van der Waals surface area (Å²) in [6.07, 6.45) is 1.98. The molecule has 4 atom stereocenters. The van der Waals surface area contributed by atoms with Crippen LogP contribution in [-0.4, -0.2) is 82.4 Å². The van der Waals surface area contributed by atoms with E-state index >= 15 is 8.78 Å². The normalized spacial score (nSPS) is 18.0. The highest BCUT2D eigenvalue weighted by molar-refractivity contribution is 6.01. The van der Waals surface area contributed by atoms with Crippen molar-refractivity contribution in [3.05, 3.63) is 82.4 Å². The summed E-state index contributed by atoms with van der Waals surface area (Å²) in [5.74, 6) is -6.36. The molecule has 1 saturated heterocycles. The van der Waals surface area contributed by atoms with Gasteiger partial charge in [-0.25, -0.2) is 13.2 Å². The number of amides is 3. The van der Waals surface area contributed by atoms with Crippen LogP contribution in [0.2, 0.25) is 0 Å². The molecule has 1 aromatic heterocycles. The van der Waals surface area contributed by atoms with Gasteiger partial charge in [-0.3, -0.25) is 23.9 Å². The molecule has 10 nitrogen and oxygen atoms in total. The van der Waals surface area contributed by atoms with Gasteiger partial charge in [0.25, 0.3) is 0 Å². The van der Waals surface area contributed by atoms with Crippen molar-refractivity contribution in [3.8, 4) is 0 Å². The Bertz CT molecular complexity index is 1720. The van der Waals surface area contributed by atoms with Crippen molar-refractivity contribution < 1.29 is 32.3 Å². The topological polar surface area (TPSA) is 117 Å². The number of nitrogens with one attached hydrogen (secondary N) is 2. The molecule has 3 aromatic rings. The second-order valence-corrected chi connectivity index (χ2v) is 12.9. The largest absolute Gasteiger partial charge is 0.344 e. The average molecular weight is 681 g/mol. The molecule has 0 bridgehead atoms. The summed E-state index contributed by atoms with van der Waals surface area (Å²) in [4.78, 5) is 57.2. The second-order valence-electron chi connectivity index (χ2n) is 12.9. The molecule has 1 fully saturated rings. The Morgan fingerprint density at radius 3 is 2.39 bits per heavy atom. The number of anilines is 1. The van der Waals surface area contributed by atoms with E-state index in [9.17, 15) is 23.6 Å². The molecule has 2 heterocycles. The van der Waals surface area contributed by atoms with Crippen molar-refractivity contribution in [2.45, 2.75) is 70.9 Å². The van der Waals surface area contributed by atoms with E-state index in [1.807, 2.05) is 14.0 Å². The first kappa shape index (κ1) is 35.8. The van der Waals surface area contributed by atoms with Gasteiger partial charge in [-0.05, 0) is 73.7 Å². The minimum Gasteiger partial charge on any atom is -0.344 e. The fourth-order valence-electron chi connectivity index (χ4n) is 6.89. The molecule has 5 rings (SSSR count). The van der Waals surface area contributed by atoms with Crippen molar-refractivity contribution >= 4 is 29.2 Å². The maximum absolute atomic E-state index is 15.8. The summed E-state index contributed by atoms with van der Waals surface area (Å²) in [6, 6.07) is 6.81. The zero-order valence-corrected chi connectivity index (χ0v) is 28.3. The molecule has 0 saturated carbocycles. The molecule has 13 heteroatoms. The Morgan fingerprint density at radius 2 is 1.71 bits per heavy atom. The average Bonchev–Trinajstić information content (AvgIpc) is 3.74. The lowest BCUT2D eigenvalue weighted by Gasteiger charge is -2.36. The van der Waals surface area contributed by atoms with Gasteiger partial charge >= 0.3 is 0 Å². The number of hydrogen-bond donors (Lipinski definition) is 2. The maximum Gasteiger partial charge on any atom is 0.245 e. The maximum atomic E-state index is 15.8. The van der Waals surface area contributed by atoms with Crippen LogP contribution in [0.1, 0.15) is 79.0 Å². The highest BCUT2D eigenvalue weighted by Gasteiger charge is 2.39. The van der Waals surface area contributed by atoms with Crippen LogP contribution in [0.15, 0.2) is 42.6 Å². The number of piperazine rings is 1. The van der Waals surface area contributed by atoms with Crippen LogP contribution in [0.5, 0.6) is 0 Å². The lowest BCUT2D eigenvalue weighted by Crippen LogP contribution is -2.55. The van der Waals surface area contributed by atoms with Crippen molar-refractivity contribution in [3.63, 3.8) is 0 Å². The van der Waals surface area contributed by atoms with Crippen LogP contribution >= 0.6 is 0 Å². The van der Waals surface area contributed by atoms with Gasteiger partial charge in [-0.15, -0.1) is 0 Å². The lowest BCUT2D eigenvalue weighted by molar-refractivity contribution is -0.138. The highest BCUT2D eigenvalue weighted by Crippen LogP contribution is 2.42. The van der Waals surface area contributed by atoms with Gasteiger partial charge in [-0.1, -0.05) is 19.9 Å². The number of aromatic nitrogens is 2.